The minimum absolute atomic E-state index is 0.182. The molecular weight excluding hydrogens is 186 g/mol. The topological polar surface area (TPSA) is 29.5 Å². The van der Waals surface area contributed by atoms with Gasteiger partial charge in [-0.15, -0.1) is 0 Å². The molecule has 0 radical (unpaired) electrons. The van der Waals surface area contributed by atoms with E-state index in [2.05, 4.69) is 0 Å². The summed E-state index contributed by atoms with van der Waals surface area (Å²) in [7, 11) is 1.69. The normalized spacial score (nSPS) is 23.2. The summed E-state index contributed by atoms with van der Waals surface area (Å²) in [5.41, 5.74) is 0. The van der Waals surface area contributed by atoms with Crippen LogP contribution in [0.25, 0.3) is 0 Å². The van der Waals surface area contributed by atoms with Gasteiger partial charge in [0.15, 0.2) is 0 Å². The summed E-state index contributed by atoms with van der Waals surface area (Å²) in [5.74, 6) is 0. The third kappa shape index (κ3) is 2.88. The van der Waals surface area contributed by atoms with Crippen molar-refractivity contribution in [1.29, 1.82) is 0 Å². The largest absolute Gasteiger partial charge is 0.383 e. The van der Waals surface area contributed by atoms with E-state index >= 15 is 0 Å². The Morgan fingerprint density at radius 1 is 1.62 bits per heavy atom. The van der Waals surface area contributed by atoms with Crippen molar-refractivity contribution >= 4 is 17.0 Å². The van der Waals surface area contributed by atoms with Crippen LogP contribution in [0.1, 0.15) is 19.3 Å². The molecule has 1 fully saturated rings. The fourth-order valence-corrected chi connectivity index (χ4v) is 2.20. The molecule has 4 heteroatoms. The number of thioether (sulfide) groups is 1. The van der Waals surface area contributed by atoms with Crippen LogP contribution in [0.5, 0.6) is 0 Å². The highest BCUT2D eigenvalue weighted by atomic mass is 32.2. The van der Waals surface area contributed by atoms with Crippen molar-refractivity contribution in [2.24, 2.45) is 0 Å². The lowest BCUT2D eigenvalue weighted by Gasteiger charge is -2.34. The number of hydrogen-bond donors (Lipinski definition) is 0. The van der Waals surface area contributed by atoms with Crippen molar-refractivity contribution in [2.45, 2.75) is 25.3 Å². The van der Waals surface area contributed by atoms with E-state index in [9.17, 15) is 4.79 Å². The zero-order valence-corrected chi connectivity index (χ0v) is 9.10. The summed E-state index contributed by atoms with van der Waals surface area (Å²) >= 11 is 1.29. The molecule has 0 aromatic rings. The fraction of sp³-hybridized carbons (Fsp3) is 0.889. The third-order valence-electron chi connectivity index (χ3n) is 2.40. The van der Waals surface area contributed by atoms with Gasteiger partial charge in [0.2, 0.25) is 0 Å². The van der Waals surface area contributed by atoms with E-state index in [1.807, 2.05) is 11.2 Å². The molecule has 13 heavy (non-hydrogen) atoms. The first-order valence-corrected chi connectivity index (χ1v) is 5.85. The minimum Gasteiger partial charge on any atom is -0.383 e. The summed E-state index contributed by atoms with van der Waals surface area (Å²) in [4.78, 5) is 13.4. The van der Waals surface area contributed by atoms with Crippen LogP contribution in [0.15, 0.2) is 0 Å². The number of methoxy groups -OCH3 is 1. The van der Waals surface area contributed by atoms with Gasteiger partial charge in [-0.3, -0.25) is 4.79 Å². The summed E-state index contributed by atoms with van der Waals surface area (Å²) in [6, 6.07) is 0.304. The Kier molecular flexibility index (Phi) is 4.59. The number of nitrogens with zero attached hydrogens (tertiary/aromatic N) is 1. The minimum atomic E-state index is 0.182. The first-order valence-electron chi connectivity index (χ1n) is 4.63. The maximum atomic E-state index is 11.5. The Balaban J connectivity index is 2.50. The Labute approximate surface area is 83.8 Å². The summed E-state index contributed by atoms with van der Waals surface area (Å²) < 4.78 is 5.10. The van der Waals surface area contributed by atoms with E-state index in [4.69, 9.17) is 4.74 Å². The molecule has 1 amide bonds. The van der Waals surface area contributed by atoms with Crippen LogP contribution in [0.3, 0.4) is 0 Å². The lowest BCUT2D eigenvalue weighted by molar-refractivity contribution is 0.0920. The highest BCUT2D eigenvalue weighted by Gasteiger charge is 2.25. The van der Waals surface area contributed by atoms with Gasteiger partial charge in [0.25, 0.3) is 5.24 Å². The predicted octanol–water partition coefficient (Wildman–Crippen LogP) is 1.97. The second-order valence-corrected chi connectivity index (χ2v) is 4.03. The van der Waals surface area contributed by atoms with E-state index in [0.717, 1.165) is 19.4 Å². The maximum Gasteiger partial charge on any atom is 0.281 e. The van der Waals surface area contributed by atoms with Crippen molar-refractivity contribution in [3.05, 3.63) is 0 Å². The standard InChI is InChI=1S/C9H17NO2S/c1-12-7-8-5-3-4-6-10(8)9(11)13-2/h8H,3-7H2,1-2H3. The van der Waals surface area contributed by atoms with Gasteiger partial charge in [0.1, 0.15) is 0 Å². The number of likely N-dealkylation sites (tertiary alicyclic amines) is 1. The molecule has 0 aromatic carbocycles. The molecule has 1 saturated heterocycles. The Hall–Kier alpha value is -0.220. The van der Waals surface area contributed by atoms with E-state index in [1.165, 1.54) is 18.2 Å². The lowest BCUT2D eigenvalue weighted by atomic mass is 10.0. The Bertz CT molecular complexity index is 173. The van der Waals surface area contributed by atoms with Crippen molar-refractivity contribution in [2.75, 3.05) is 26.5 Å². The first-order chi connectivity index (χ1) is 6.29. The number of rotatable bonds is 2. The van der Waals surface area contributed by atoms with Crippen LogP contribution in [-0.4, -0.2) is 42.7 Å². The fourth-order valence-electron chi connectivity index (χ4n) is 1.72. The SMILES string of the molecule is COCC1CCCCN1C(=O)SC. The van der Waals surface area contributed by atoms with Gasteiger partial charge in [-0.25, -0.2) is 0 Å². The molecule has 1 aliphatic heterocycles. The van der Waals surface area contributed by atoms with Crippen molar-refractivity contribution in [3.8, 4) is 0 Å². The Morgan fingerprint density at radius 3 is 3.00 bits per heavy atom. The van der Waals surface area contributed by atoms with Gasteiger partial charge in [-0.2, -0.15) is 0 Å². The van der Waals surface area contributed by atoms with Gasteiger partial charge < -0.3 is 9.64 Å². The van der Waals surface area contributed by atoms with Gasteiger partial charge in [-0.05, 0) is 25.5 Å². The zero-order valence-electron chi connectivity index (χ0n) is 8.28. The van der Waals surface area contributed by atoms with E-state index in [1.54, 1.807) is 7.11 Å². The zero-order chi connectivity index (χ0) is 9.68. The van der Waals surface area contributed by atoms with Crippen LogP contribution < -0.4 is 0 Å². The van der Waals surface area contributed by atoms with Crippen LogP contribution in [0.2, 0.25) is 0 Å². The van der Waals surface area contributed by atoms with Gasteiger partial charge in [0.05, 0.1) is 12.6 Å². The highest BCUT2D eigenvalue weighted by molar-refractivity contribution is 8.12. The Morgan fingerprint density at radius 2 is 2.38 bits per heavy atom. The molecule has 0 aromatic heterocycles. The number of piperidine rings is 1. The molecule has 0 saturated carbocycles. The van der Waals surface area contributed by atoms with Crippen molar-refractivity contribution < 1.29 is 9.53 Å². The molecule has 0 N–H and O–H groups in total. The number of amides is 1. The van der Waals surface area contributed by atoms with Gasteiger partial charge >= 0.3 is 0 Å². The van der Waals surface area contributed by atoms with E-state index in [-0.39, 0.29) is 5.24 Å². The number of carbonyl (C=O) groups excluding carboxylic acids is 1. The van der Waals surface area contributed by atoms with Gasteiger partial charge in [0, 0.05) is 13.7 Å². The monoisotopic (exact) mass is 203 g/mol. The number of ether oxygens (including phenoxy) is 1. The molecule has 1 aliphatic rings. The highest BCUT2D eigenvalue weighted by Crippen LogP contribution is 2.20. The van der Waals surface area contributed by atoms with Crippen molar-refractivity contribution in [1.82, 2.24) is 4.90 Å². The molecule has 3 nitrogen and oxygen atoms in total. The van der Waals surface area contributed by atoms with Crippen LogP contribution in [0.4, 0.5) is 4.79 Å². The lowest BCUT2D eigenvalue weighted by Crippen LogP contribution is -2.44. The van der Waals surface area contributed by atoms with E-state index in [0.29, 0.717) is 12.6 Å². The summed E-state index contributed by atoms with van der Waals surface area (Å²) in [6.07, 6.45) is 5.26. The average Bonchev–Trinajstić information content (AvgIpc) is 2.18. The third-order valence-corrected chi connectivity index (χ3v) is 2.98. The summed E-state index contributed by atoms with van der Waals surface area (Å²) in [6.45, 7) is 1.57. The second-order valence-electron chi connectivity index (χ2n) is 3.27. The number of hydrogen-bond acceptors (Lipinski definition) is 3. The maximum absolute atomic E-state index is 11.5. The molecule has 1 heterocycles. The molecule has 1 unspecified atom stereocenters. The molecule has 0 spiro atoms. The predicted molar refractivity (Wildman–Crippen MR) is 55.1 cm³/mol. The van der Waals surface area contributed by atoms with Crippen molar-refractivity contribution in [3.63, 3.8) is 0 Å². The molecule has 0 aliphatic carbocycles. The summed E-state index contributed by atoms with van der Waals surface area (Å²) in [5, 5.41) is 0.182. The van der Waals surface area contributed by atoms with Crippen LogP contribution in [0, 0.1) is 0 Å². The molecule has 0 bridgehead atoms. The molecule has 1 atom stereocenters. The average molecular weight is 203 g/mol. The quantitative estimate of drug-likeness (QED) is 0.687. The first kappa shape index (κ1) is 10.9. The van der Waals surface area contributed by atoms with Crippen LogP contribution >= 0.6 is 11.8 Å². The van der Waals surface area contributed by atoms with Crippen LogP contribution in [-0.2, 0) is 4.74 Å². The number of carbonyl (C=O) groups is 1. The molecule has 76 valence electrons. The second kappa shape index (κ2) is 5.50. The molecular formula is C9H17NO2S. The van der Waals surface area contributed by atoms with Gasteiger partial charge in [-0.1, -0.05) is 11.8 Å². The molecule has 1 rings (SSSR count). The smallest absolute Gasteiger partial charge is 0.281 e. The van der Waals surface area contributed by atoms with E-state index < -0.39 is 0 Å².